The normalized spacial score (nSPS) is 31.9. The number of aliphatic hydroxyl groups is 2. The van der Waals surface area contributed by atoms with Gasteiger partial charge in [-0.15, -0.1) is 11.3 Å². The van der Waals surface area contributed by atoms with E-state index in [9.17, 15) is 19.8 Å². The maximum Gasteiger partial charge on any atom is 0.257 e. The lowest BCUT2D eigenvalue weighted by Crippen LogP contribution is -2.57. The van der Waals surface area contributed by atoms with Gasteiger partial charge in [-0.3, -0.25) is 14.9 Å². The minimum atomic E-state index is -0.683. The molecule has 188 valence electrons. The van der Waals surface area contributed by atoms with E-state index in [1.165, 1.54) is 23.6 Å². The van der Waals surface area contributed by atoms with Gasteiger partial charge in [0.1, 0.15) is 5.15 Å². The molecule has 0 radical (unpaired) electrons. The highest BCUT2D eigenvalue weighted by atomic mass is 35.5. The number of carbonyl (C=O) groups excluding carboxylic acids is 2. The van der Waals surface area contributed by atoms with Crippen LogP contribution in [0.1, 0.15) is 72.8 Å². The van der Waals surface area contributed by atoms with Crippen molar-refractivity contribution in [3.8, 4) is 0 Å². The average molecular weight is 519 g/mol. The van der Waals surface area contributed by atoms with Crippen LogP contribution in [0.4, 0.5) is 5.13 Å². The molecule has 3 aliphatic rings. The number of anilines is 1. The summed E-state index contributed by atoms with van der Waals surface area (Å²) in [4.78, 5) is 35.5. The Labute approximate surface area is 213 Å². The second-order valence-corrected chi connectivity index (χ2v) is 12.2. The third-order valence-corrected chi connectivity index (χ3v) is 9.65. The predicted molar refractivity (Wildman–Crippen MR) is 134 cm³/mol. The highest BCUT2D eigenvalue weighted by Gasteiger charge is 2.59. The molecule has 2 heterocycles. The zero-order valence-electron chi connectivity index (χ0n) is 19.9. The van der Waals surface area contributed by atoms with Crippen LogP contribution in [0.3, 0.4) is 0 Å². The van der Waals surface area contributed by atoms with Gasteiger partial charge in [0.25, 0.3) is 5.91 Å². The fourth-order valence-corrected chi connectivity index (χ4v) is 7.35. The molecule has 0 saturated heterocycles. The number of halogens is 1. The van der Waals surface area contributed by atoms with Gasteiger partial charge in [0.05, 0.1) is 18.4 Å². The lowest BCUT2D eigenvalue weighted by molar-refractivity contribution is -0.144. The lowest BCUT2D eigenvalue weighted by Gasteiger charge is -2.58. The maximum absolute atomic E-state index is 13.0. The fourth-order valence-electron chi connectivity index (χ4n) is 6.11. The summed E-state index contributed by atoms with van der Waals surface area (Å²) in [6.07, 6.45) is 5.13. The number of aromatic nitrogens is 2. The van der Waals surface area contributed by atoms with Gasteiger partial charge in [-0.1, -0.05) is 25.4 Å². The largest absolute Gasteiger partial charge is 0.396 e. The van der Waals surface area contributed by atoms with Crippen LogP contribution in [-0.2, 0) is 11.2 Å². The average Bonchev–Trinajstić information content (AvgIpc) is 3.54. The van der Waals surface area contributed by atoms with Crippen LogP contribution >= 0.6 is 22.9 Å². The minimum absolute atomic E-state index is 0.00663. The number of carbonyl (C=O) groups is 2. The molecule has 5 atom stereocenters. The van der Waals surface area contributed by atoms with E-state index in [4.69, 9.17) is 16.6 Å². The van der Waals surface area contributed by atoms with E-state index in [1.54, 1.807) is 6.07 Å². The number of hydrogen-bond donors (Lipinski definition) is 4. The summed E-state index contributed by atoms with van der Waals surface area (Å²) in [5, 5.41) is 27.9. The number of thiazole rings is 1. The van der Waals surface area contributed by atoms with Crippen LogP contribution in [-0.4, -0.2) is 50.7 Å². The fraction of sp³-hybridized carbons (Fsp3) is 0.600. The standard InChI is InChI=1S/C25H31ClN4O4S/c1-24-7-5-18(32)25(2,12-31)17(24)11-16-21(15(24)10-20(33)28-14-3-4-14)29-23(35-16)30-22(34)13-6-8-27-19(26)9-13/h6,8-9,14-15,17-18,31-32H,3-5,7,10-12H2,1-2H3,(H,28,33)(H,29,30,34)/t15-,17+,18-,24+,25+/m1/s1. The quantitative estimate of drug-likeness (QED) is 0.434. The van der Waals surface area contributed by atoms with E-state index in [-0.39, 0.29) is 46.9 Å². The molecular formula is C25H31ClN4O4S. The minimum Gasteiger partial charge on any atom is -0.396 e. The smallest absolute Gasteiger partial charge is 0.257 e. The van der Waals surface area contributed by atoms with E-state index >= 15 is 0 Å². The van der Waals surface area contributed by atoms with E-state index in [1.807, 2.05) is 6.92 Å². The number of nitrogens with one attached hydrogen (secondary N) is 2. The summed E-state index contributed by atoms with van der Waals surface area (Å²) in [6.45, 7) is 3.99. The maximum atomic E-state index is 13.0. The zero-order valence-corrected chi connectivity index (χ0v) is 21.5. The molecule has 0 bridgehead atoms. The summed E-state index contributed by atoms with van der Waals surface area (Å²) in [5.74, 6) is -0.529. The first-order valence-corrected chi connectivity index (χ1v) is 13.3. The van der Waals surface area contributed by atoms with Crippen molar-refractivity contribution in [2.45, 2.75) is 70.4 Å². The summed E-state index contributed by atoms with van der Waals surface area (Å²) in [6, 6.07) is 3.35. The van der Waals surface area contributed by atoms with E-state index in [0.29, 0.717) is 30.0 Å². The predicted octanol–water partition coefficient (Wildman–Crippen LogP) is 3.53. The molecule has 2 fully saturated rings. The summed E-state index contributed by atoms with van der Waals surface area (Å²) >= 11 is 7.34. The monoisotopic (exact) mass is 518 g/mol. The van der Waals surface area contributed by atoms with Crippen molar-refractivity contribution in [2.75, 3.05) is 11.9 Å². The Balaban J connectivity index is 1.49. The molecule has 0 aliphatic heterocycles. The first-order chi connectivity index (χ1) is 16.6. The topological polar surface area (TPSA) is 124 Å². The second-order valence-electron chi connectivity index (χ2n) is 10.7. The van der Waals surface area contributed by atoms with E-state index in [0.717, 1.165) is 29.8 Å². The summed E-state index contributed by atoms with van der Waals surface area (Å²) < 4.78 is 0. The molecule has 2 aromatic rings. The van der Waals surface area contributed by atoms with Crippen molar-refractivity contribution < 1.29 is 19.8 Å². The molecule has 5 rings (SSSR count). The first-order valence-electron chi connectivity index (χ1n) is 12.1. The molecule has 0 aromatic carbocycles. The second kappa shape index (κ2) is 9.10. The highest BCUT2D eigenvalue weighted by molar-refractivity contribution is 7.15. The third-order valence-electron chi connectivity index (χ3n) is 8.43. The Bertz CT molecular complexity index is 1150. The molecule has 2 amide bonds. The number of nitrogens with zero attached hydrogens (tertiary/aromatic N) is 2. The molecule has 4 N–H and O–H groups in total. The van der Waals surface area contributed by atoms with Gasteiger partial charge >= 0.3 is 0 Å². The first kappa shape index (κ1) is 24.6. The number of amides is 2. The van der Waals surface area contributed by atoms with Gasteiger partial charge < -0.3 is 15.5 Å². The van der Waals surface area contributed by atoms with Crippen LogP contribution in [0.2, 0.25) is 5.15 Å². The van der Waals surface area contributed by atoms with E-state index < -0.39 is 11.5 Å². The van der Waals surface area contributed by atoms with Gasteiger partial charge in [-0.25, -0.2) is 9.97 Å². The van der Waals surface area contributed by atoms with Crippen LogP contribution in [0, 0.1) is 16.7 Å². The Hall–Kier alpha value is -2.07. The Kier molecular flexibility index (Phi) is 6.40. The molecule has 8 nitrogen and oxygen atoms in total. The van der Waals surface area contributed by atoms with Crippen molar-refractivity contribution in [1.29, 1.82) is 0 Å². The molecule has 10 heteroatoms. The van der Waals surface area contributed by atoms with Gasteiger partial charge in [-0.05, 0) is 55.6 Å². The van der Waals surface area contributed by atoms with Crippen molar-refractivity contribution in [3.63, 3.8) is 0 Å². The number of fused-ring (bicyclic) bond motifs is 2. The molecule has 0 unspecified atom stereocenters. The number of aliphatic hydroxyl groups excluding tert-OH is 2. The Morgan fingerprint density at radius 1 is 1.29 bits per heavy atom. The molecule has 2 aromatic heterocycles. The lowest BCUT2D eigenvalue weighted by atomic mass is 9.47. The summed E-state index contributed by atoms with van der Waals surface area (Å²) in [7, 11) is 0. The van der Waals surface area contributed by atoms with Gasteiger partial charge in [0.2, 0.25) is 5.91 Å². The number of hydrogen-bond acceptors (Lipinski definition) is 7. The molecule has 35 heavy (non-hydrogen) atoms. The highest BCUT2D eigenvalue weighted by Crippen LogP contribution is 2.62. The van der Waals surface area contributed by atoms with Crippen LogP contribution < -0.4 is 10.6 Å². The van der Waals surface area contributed by atoms with Gasteiger partial charge in [0, 0.05) is 40.4 Å². The zero-order chi connectivity index (χ0) is 25.0. The van der Waals surface area contributed by atoms with Crippen molar-refractivity contribution in [1.82, 2.24) is 15.3 Å². The van der Waals surface area contributed by atoms with Crippen molar-refractivity contribution >= 4 is 39.9 Å². The van der Waals surface area contributed by atoms with Crippen LogP contribution in [0.5, 0.6) is 0 Å². The summed E-state index contributed by atoms with van der Waals surface area (Å²) in [5.41, 5.74) is 0.227. The van der Waals surface area contributed by atoms with Gasteiger partial charge in [-0.2, -0.15) is 0 Å². The van der Waals surface area contributed by atoms with Crippen LogP contribution in [0.15, 0.2) is 18.3 Å². The van der Waals surface area contributed by atoms with Gasteiger partial charge in [0.15, 0.2) is 5.13 Å². The van der Waals surface area contributed by atoms with Crippen molar-refractivity contribution in [2.24, 2.45) is 16.7 Å². The SMILES string of the molecule is C[C@]1(CO)[C@H]2Cc3sc(NC(=O)c4ccnc(Cl)c4)nc3[C@@H](CC(=O)NC3CC3)[C@]2(C)CC[C@H]1O. The van der Waals surface area contributed by atoms with Crippen molar-refractivity contribution in [3.05, 3.63) is 39.6 Å². The van der Waals surface area contributed by atoms with E-state index in [2.05, 4.69) is 22.5 Å². The number of pyridine rings is 1. The third kappa shape index (κ3) is 4.48. The molecule has 2 saturated carbocycles. The van der Waals surface area contributed by atoms with Crippen LogP contribution in [0.25, 0.3) is 0 Å². The molecule has 0 spiro atoms. The number of rotatable bonds is 6. The Morgan fingerprint density at radius 3 is 2.74 bits per heavy atom. The molecule has 3 aliphatic carbocycles. The Morgan fingerprint density at radius 2 is 2.06 bits per heavy atom. The molecular weight excluding hydrogens is 488 g/mol.